The van der Waals surface area contributed by atoms with Crippen LogP contribution in [0, 0.1) is 0 Å². The number of nitrogens with one attached hydrogen (secondary N) is 1. The number of hydrogen-bond acceptors (Lipinski definition) is 4. The van der Waals surface area contributed by atoms with Crippen LogP contribution >= 0.6 is 0 Å². The molecule has 0 atom stereocenters. The van der Waals surface area contributed by atoms with Gasteiger partial charge in [0, 0.05) is 6.92 Å². The largest absolute Gasteiger partial charge is 0.506 e. The van der Waals surface area contributed by atoms with Gasteiger partial charge in [0.1, 0.15) is 11.4 Å². The van der Waals surface area contributed by atoms with Crippen molar-refractivity contribution in [2.24, 2.45) is 0 Å². The molecule has 0 radical (unpaired) electrons. The van der Waals surface area contributed by atoms with Gasteiger partial charge in [-0.3, -0.25) is 4.79 Å². The standard InChI is InChI=1S/C9H11NO4/c1-5(11)10-8-6(12)3-4-7(13)9(8)14-2/h3-4,12-13H,1-2H3,(H,10,11). The van der Waals surface area contributed by atoms with Crippen molar-refractivity contribution in [1.29, 1.82) is 0 Å². The van der Waals surface area contributed by atoms with E-state index in [9.17, 15) is 15.0 Å². The second-order valence-corrected chi connectivity index (χ2v) is 2.69. The van der Waals surface area contributed by atoms with E-state index >= 15 is 0 Å². The lowest BCUT2D eigenvalue weighted by molar-refractivity contribution is -0.114. The second kappa shape index (κ2) is 3.87. The maximum absolute atomic E-state index is 10.8. The van der Waals surface area contributed by atoms with Crippen LogP contribution in [0.3, 0.4) is 0 Å². The quantitative estimate of drug-likeness (QED) is 0.489. The van der Waals surface area contributed by atoms with Crippen LogP contribution in [0.15, 0.2) is 12.1 Å². The molecule has 0 aromatic heterocycles. The van der Waals surface area contributed by atoms with Crippen LogP contribution in [0.5, 0.6) is 17.2 Å². The molecule has 1 aromatic rings. The molecule has 0 aliphatic rings. The predicted octanol–water partition coefficient (Wildman–Crippen LogP) is 1.06. The Bertz CT molecular complexity index is 362. The Kier molecular flexibility index (Phi) is 2.81. The third-order valence-corrected chi connectivity index (χ3v) is 1.62. The molecule has 5 heteroatoms. The van der Waals surface area contributed by atoms with E-state index in [4.69, 9.17) is 4.74 Å². The van der Waals surface area contributed by atoms with E-state index in [0.717, 1.165) is 0 Å². The fraction of sp³-hybridized carbons (Fsp3) is 0.222. The van der Waals surface area contributed by atoms with Crippen LogP contribution in [0.25, 0.3) is 0 Å². The Morgan fingerprint density at radius 2 is 1.93 bits per heavy atom. The minimum Gasteiger partial charge on any atom is -0.506 e. The van der Waals surface area contributed by atoms with Gasteiger partial charge in [-0.25, -0.2) is 0 Å². The van der Waals surface area contributed by atoms with E-state index in [1.54, 1.807) is 0 Å². The first-order valence-electron chi connectivity index (χ1n) is 3.92. The average Bonchev–Trinajstić information content (AvgIpc) is 2.11. The zero-order chi connectivity index (χ0) is 10.7. The van der Waals surface area contributed by atoms with Crippen molar-refractivity contribution in [3.63, 3.8) is 0 Å². The summed E-state index contributed by atoms with van der Waals surface area (Å²) >= 11 is 0. The third kappa shape index (κ3) is 1.87. The predicted molar refractivity (Wildman–Crippen MR) is 50.6 cm³/mol. The number of aromatic hydroxyl groups is 2. The zero-order valence-corrected chi connectivity index (χ0v) is 7.87. The van der Waals surface area contributed by atoms with Crippen molar-refractivity contribution >= 4 is 11.6 Å². The van der Waals surface area contributed by atoms with Gasteiger partial charge in [-0.2, -0.15) is 0 Å². The highest BCUT2D eigenvalue weighted by molar-refractivity contribution is 5.93. The Morgan fingerprint density at radius 1 is 1.36 bits per heavy atom. The zero-order valence-electron chi connectivity index (χ0n) is 7.87. The van der Waals surface area contributed by atoms with Gasteiger partial charge in [-0.1, -0.05) is 0 Å². The Hall–Kier alpha value is -1.91. The van der Waals surface area contributed by atoms with Crippen molar-refractivity contribution < 1.29 is 19.7 Å². The molecule has 0 saturated heterocycles. The fourth-order valence-corrected chi connectivity index (χ4v) is 1.06. The van der Waals surface area contributed by atoms with Crippen molar-refractivity contribution in [3.05, 3.63) is 12.1 Å². The fourth-order valence-electron chi connectivity index (χ4n) is 1.06. The molecule has 0 fully saturated rings. The van der Waals surface area contributed by atoms with E-state index in [1.807, 2.05) is 0 Å². The number of ether oxygens (including phenoxy) is 1. The number of benzene rings is 1. The molecule has 0 heterocycles. The summed E-state index contributed by atoms with van der Waals surface area (Å²) in [5.74, 6) is -0.617. The molecule has 0 unspecified atom stereocenters. The SMILES string of the molecule is COc1c(O)ccc(O)c1NC(C)=O. The summed E-state index contributed by atoms with van der Waals surface area (Å²) in [6.45, 7) is 1.29. The highest BCUT2D eigenvalue weighted by atomic mass is 16.5. The van der Waals surface area contributed by atoms with E-state index < -0.39 is 0 Å². The highest BCUT2D eigenvalue weighted by Crippen LogP contribution is 2.40. The first kappa shape index (κ1) is 10.2. The number of amides is 1. The molecule has 5 nitrogen and oxygen atoms in total. The maximum atomic E-state index is 10.8. The number of carbonyl (C=O) groups is 1. The van der Waals surface area contributed by atoms with E-state index in [1.165, 1.54) is 26.2 Å². The van der Waals surface area contributed by atoms with Gasteiger partial charge >= 0.3 is 0 Å². The Morgan fingerprint density at radius 3 is 2.43 bits per heavy atom. The van der Waals surface area contributed by atoms with Gasteiger partial charge in [-0.15, -0.1) is 0 Å². The van der Waals surface area contributed by atoms with Crippen molar-refractivity contribution in [2.75, 3.05) is 12.4 Å². The normalized spacial score (nSPS) is 9.57. The van der Waals surface area contributed by atoms with Gasteiger partial charge in [-0.05, 0) is 12.1 Å². The van der Waals surface area contributed by atoms with E-state index in [-0.39, 0.29) is 28.8 Å². The highest BCUT2D eigenvalue weighted by Gasteiger charge is 2.14. The molecular weight excluding hydrogens is 186 g/mol. The van der Waals surface area contributed by atoms with E-state index in [0.29, 0.717) is 0 Å². The summed E-state index contributed by atoms with van der Waals surface area (Å²) in [7, 11) is 1.33. The molecule has 0 aliphatic heterocycles. The number of hydrogen-bond donors (Lipinski definition) is 3. The first-order chi connectivity index (χ1) is 6.56. The molecule has 0 spiro atoms. The molecule has 3 N–H and O–H groups in total. The smallest absolute Gasteiger partial charge is 0.221 e. The van der Waals surface area contributed by atoms with Gasteiger partial charge in [0.2, 0.25) is 5.91 Å². The molecular formula is C9H11NO4. The number of anilines is 1. The minimum atomic E-state index is -0.357. The number of phenols is 2. The lowest BCUT2D eigenvalue weighted by Gasteiger charge is -2.11. The summed E-state index contributed by atoms with van der Waals surface area (Å²) in [5, 5.41) is 21.1. The minimum absolute atomic E-state index is 0.0419. The lowest BCUT2D eigenvalue weighted by Crippen LogP contribution is -2.07. The van der Waals surface area contributed by atoms with Crippen LogP contribution in [0.2, 0.25) is 0 Å². The average molecular weight is 197 g/mol. The van der Waals surface area contributed by atoms with Gasteiger partial charge in [0.25, 0.3) is 0 Å². The summed E-state index contributed by atoms with van der Waals surface area (Å²) in [4.78, 5) is 10.8. The topological polar surface area (TPSA) is 78.8 Å². The van der Waals surface area contributed by atoms with Gasteiger partial charge in [0.05, 0.1) is 7.11 Å². The molecule has 76 valence electrons. The number of phenolic OH excluding ortho intramolecular Hbond substituents is 2. The third-order valence-electron chi connectivity index (χ3n) is 1.62. The van der Waals surface area contributed by atoms with Crippen LogP contribution in [0.4, 0.5) is 5.69 Å². The molecule has 1 aromatic carbocycles. The number of carbonyl (C=O) groups excluding carboxylic acids is 1. The van der Waals surface area contributed by atoms with Crippen LogP contribution < -0.4 is 10.1 Å². The van der Waals surface area contributed by atoms with E-state index in [2.05, 4.69) is 5.32 Å². The summed E-state index contributed by atoms with van der Waals surface area (Å²) in [6.07, 6.45) is 0. The number of methoxy groups -OCH3 is 1. The summed E-state index contributed by atoms with van der Waals surface area (Å²) in [5.41, 5.74) is 0.0694. The summed E-state index contributed by atoms with van der Waals surface area (Å²) in [6, 6.07) is 2.54. The molecule has 1 amide bonds. The van der Waals surface area contributed by atoms with Crippen molar-refractivity contribution in [3.8, 4) is 17.2 Å². The first-order valence-corrected chi connectivity index (χ1v) is 3.92. The van der Waals surface area contributed by atoms with Crippen molar-refractivity contribution in [2.45, 2.75) is 6.92 Å². The van der Waals surface area contributed by atoms with Crippen LogP contribution in [-0.4, -0.2) is 23.2 Å². The van der Waals surface area contributed by atoms with Crippen LogP contribution in [0.1, 0.15) is 6.92 Å². The second-order valence-electron chi connectivity index (χ2n) is 2.69. The summed E-state index contributed by atoms with van der Waals surface area (Å²) < 4.78 is 4.83. The van der Waals surface area contributed by atoms with Gasteiger partial charge in [0.15, 0.2) is 11.5 Å². The molecule has 1 rings (SSSR count). The maximum Gasteiger partial charge on any atom is 0.221 e. The monoisotopic (exact) mass is 197 g/mol. The Balaban J connectivity index is 3.22. The number of rotatable bonds is 2. The lowest BCUT2D eigenvalue weighted by atomic mass is 10.2. The molecule has 0 bridgehead atoms. The molecule has 0 aliphatic carbocycles. The van der Waals surface area contributed by atoms with Gasteiger partial charge < -0.3 is 20.3 Å². The molecule has 0 saturated carbocycles. The van der Waals surface area contributed by atoms with Crippen molar-refractivity contribution in [1.82, 2.24) is 0 Å². The Labute approximate surface area is 80.9 Å². The molecule has 14 heavy (non-hydrogen) atoms. The van der Waals surface area contributed by atoms with Crippen LogP contribution in [-0.2, 0) is 4.79 Å².